The third-order valence-corrected chi connectivity index (χ3v) is 12.3. The number of anilines is 2. The van der Waals surface area contributed by atoms with Gasteiger partial charge >= 0.3 is 0 Å². The highest BCUT2D eigenvalue weighted by molar-refractivity contribution is 6.72. The zero-order valence-corrected chi connectivity index (χ0v) is 25.9. The fourth-order valence-electron chi connectivity index (χ4n) is 7.61. The number of aliphatic hydroxyl groups is 1. The van der Waals surface area contributed by atoms with E-state index >= 15 is 4.11 Å². The molecule has 0 bridgehead atoms. The van der Waals surface area contributed by atoms with Crippen molar-refractivity contribution in [2.75, 3.05) is 29.5 Å². The number of amides is 3. The molecule has 4 aliphatic rings. The Morgan fingerprint density at radius 3 is 2.64 bits per heavy atom. The molecule has 3 fully saturated rings. The van der Waals surface area contributed by atoms with Gasteiger partial charge in [0.15, 0.2) is 5.60 Å². The van der Waals surface area contributed by atoms with E-state index in [4.69, 9.17) is 16.3 Å². The molecule has 0 saturated carbocycles. The van der Waals surface area contributed by atoms with Crippen molar-refractivity contribution < 1.29 is 28.3 Å². The van der Waals surface area contributed by atoms with E-state index in [0.29, 0.717) is 35.8 Å². The molecule has 0 radical (unpaired) electrons. The number of carbonyl (C=O) groups excluding carboxylic acids is 3. The van der Waals surface area contributed by atoms with Crippen LogP contribution in [0.3, 0.4) is 0 Å². The van der Waals surface area contributed by atoms with E-state index < -0.39 is 31.6 Å². The van der Waals surface area contributed by atoms with Crippen LogP contribution in [0.15, 0.2) is 42.5 Å². The second-order valence-electron chi connectivity index (χ2n) is 12.6. The SMILES string of the molecule is C[C@@H]1[C@@H]([Si](C)(C)F)[C@H](CC(=O)N2CCC[C@H]2CO)O[C@@]12C(=O)N(Cc1cccc(N3CCC3=O)c1)c1ccc(Cl)cc12. The van der Waals surface area contributed by atoms with Crippen LogP contribution in [0.5, 0.6) is 0 Å². The maximum Gasteiger partial charge on any atom is 0.264 e. The van der Waals surface area contributed by atoms with Crippen molar-refractivity contribution in [3.05, 3.63) is 58.6 Å². The molecule has 11 heteroatoms. The van der Waals surface area contributed by atoms with Crippen molar-refractivity contribution in [3.63, 3.8) is 0 Å². The van der Waals surface area contributed by atoms with Gasteiger partial charge in [-0.05, 0) is 61.8 Å². The normalized spacial score (nSPS) is 29.0. The van der Waals surface area contributed by atoms with Gasteiger partial charge in [-0.25, -0.2) is 0 Å². The average molecular weight is 614 g/mol. The number of fused-ring (bicyclic) bond motifs is 2. The number of rotatable bonds is 7. The number of aliphatic hydroxyl groups excluding tert-OH is 1. The number of hydrogen-bond donors (Lipinski definition) is 1. The van der Waals surface area contributed by atoms with Gasteiger partial charge in [-0.15, -0.1) is 0 Å². The van der Waals surface area contributed by atoms with Crippen LogP contribution in [0.4, 0.5) is 15.5 Å². The van der Waals surface area contributed by atoms with Crippen LogP contribution in [-0.4, -0.2) is 68.0 Å². The third-order valence-electron chi connectivity index (χ3n) is 9.62. The Hall–Kier alpha value is -2.79. The molecule has 224 valence electrons. The fourth-order valence-corrected chi connectivity index (χ4v) is 10.3. The van der Waals surface area contributed by atoms with Crippen LogP contribution >= 0.6 is 11.6 Å². The molecule has 3 amide bonds. The lowest BCUT2D eigenvalue weighted by Gasteiger charge is -2.32. The first-order chi connectivity index (χ1) is 20.0. The number of likely N-dealkylation sites (tertiary alicyclic amines) is 1. The molecule has 3 saturated heterocycles. The Balaban J connectivity index is 1.35. The Morgan fingerprint density at radius 1 is 1.19 bits per heavy atom. The maximum absolute atomic E-state index is 16.1. The summed E-state index contributed by atoms with van der Waals surface area (Å²) < 4.78 is 22.8. The van der Waals surface area contributed by atoms with Crippen molar-refractivity contribution in [1.29, 1.82) is 0 Å². The van der Waals surface area contributed by atoms with E-state index in [1.165, 1.54) is 0 Å². The molecule has 0 unspecified atom stereocenters. The molecule has 42 heavy (non-hydrogen) atoms. The second-order valence-corrected chi connectivity index (χ2v) is 16.8. The minimum atomic E-state index is -3.45. The van der Waals surface area contributed by atoms with Crippen molar-refractivity contribution in [2.24, 2.45) is 5.92 Å². The van der Waals surface area contributed by atoms with Gasteiger partial charge in [-0.3, -0.25) is 14.4 Å². The zero-order chi connectivity index (χ0) is 30.0. The molecule has 1 N–H and O–H groups in total. The number of nitrogens with zero attached hydrogens (tertiary/aromatic N) is 3. The van der Waals surface area contributed by atoms with Crippen LogP contribution < -0.4 is 9.80 Å². The predicted molar refractivity (Wildman–Crippen MR) is 161 cm³/mol. The number of halogens is 2. The van der Waals surface area contributed by atoms with Crippen molar-refractivity contribution >= 4 is 49.1 Å². The van der Waals surface area contributed by atoms with Crippen molar-refractivity contribution in [2.45, 2.75) is 75.5 Å². The molecule has 2 aromatic rings. The summed E-state index contributed by atoms with van der Waals surface area (Å²) >= 11 is 6.47. The highest BCUT2D eigenvalue weighted by Gasteiger charge is 2.67. The molecular formula is C31H37ClFN3O5Si. The largest absolute Gasteiger partial charge is 0.394 e. The van der Waals surface area contributed by atoms with Gasteiger partial charge in [0.05, 0.1) is 37.4 Å². The van der Waals surface area contributed by atoms with E-state index in [0.717, 1.165) is 24.1 Å². The van der Waals surface area contributed by atoms with Gasteiger partial charge in [0, 0.05) is 47.2 Å². The van der Waals surface area contributed by atoms with Crippen molar-refractivity contribution in [3.8, 4) is 0 Å². The van der Waals surface area contributed by atoms with Gasteiger partial charge < -0.3 is 28.7 Å². The molecule has 8 nitrogen and oxygen atoms in total. The first-order valence-corrected chi connectivity index (χ1v) is 18.1. The average Bonchev–Trinajstić information content (AvgIpc) is 3.58. The lowest BCUT2D eigenvalue weighted by atomic mass is 9.82. The molecule has 4 heterocycles. The summed E-state index contributed by atoms with van der Waals surface area (Å²) in [5.41, 5.74) is 0.766. The van der Waals surface area contributed by atoms with E-state index in [9.17, 15) is 19.5 Å². The Bertz CT molecular complexity index is 1440. The van der Waals surface area contributed by atoms with Gasteiger partial charge in [0.1, 0.15) is 0 Å². The van der Waals surface area contributed by atoms with Crippen LogP contribution in [0.25, 0.3) is 0 Å². The molecule has 5 atom stereocenters. The third kappa shape index (κ3) is 4.67. The number of β-lactam (4-membered cyclic amide) rings is 1. The predicted octanol–water partition coefficient (Wildman–Crippen LogP) is 4.77. The summed E-state index contributed by atoms with van der Waals surface area (Å²) in [5.74, 6) is -0.963. The second kappa shape index (κ2) is 10.7. The molecule has 1 spiro atoms. The fraction of sp³-hybridized carbons (Fsp3) is 0.516. The minimum absolute atomic E-state index is 0.0529. The topological polar surface area (TPSA) is 90.4 Å². The van der Waals surface area contributed by atoms with Gasteiger partial charge in [-0.2, -0.15) is 0 Å². The number of hydrogen-bond acceptors (Lipinski definition) is 5. The summed E-state index contributed by atoms with van der Waals surface area (Å²) in [5, 5.41) is 10.2. The zero-order valence-electron chi connectivity index (χ0n) is 24.2. The summed E-state index contributed by atoms with van der Waals surface area (Å²) in [6.45, 7) is 6.41. The van der Waals surface area contributed by atoms with Crippen LogP contribution in [0, 0.1) is 5.92 Å². The molecule has 0 aromatic heterocycles. The van der Waals surface area contributed by atoms with Crippen LogP contribution in [-0.2, 0) is 31.3 Å². The Morgan fingerprint density at radius 2 is 1.98 bits per heavy atom. The lowest BCUT2D eigenvalue weighted by molar-refractivity contribution is -0.150. The standard InChI is InChI=1S/C31H37ClFN3O5Si/c1-19-29(42(2,3)33)26(16-28(39)34-12-5-8-23(34)18-37)41-31(19)24-15-21(32)9-10-25(24)36(30(31)40)17-20-6-4-7-22(14-20)35-13-11-27(35)38/h4,6-7,9-10,14-15,19,23,26,29,37H,5,8,11-13,16-18H2,1-3H3/t19-,23+,26+,29-,31+/m1/s1. The minimum Gasteiger partial charge on any atom is -0.394 e. The quantitative estimate of drug-likeness (QED) is 0.276. The maximum atomic E-state index is 16.1. The smallest absolute Gasteiger partial charge is 0.264 e. The number of ether oxygens (including phenoxy) is 1. The summed E-state index contributed by atoms with van der Waals surface area (Å²) in [6, 6.07) is 12.6. The van der Waals surface area contributed by atoms with Gasteiger partial charge in [0.25, 0.3) is 5.91 Å². The number of benzene rings is 2. The molecule has 0 aliphatic carbocycles. The highest BCUT2D eigenvalue weighted by atomic mass is 35.5. The Kier molecular flexibility index (Phi) is 7.48. The van der Waals surface area contributed by atoms with Gasteiger partial charge in [-0.1, -0.05) is 30.7 Å². The highest BCUT2D eigenvalue weighted by Crippen LogP contribution is 2.60. The monoisotopic (exact) mass is 613 g/mol. The lowest BCUT2D eigenvalue weighted by Crippen LogP contribution is -2.45. The first kappa shape index (κ1) is 29.3. The summed E-state index contributed by atoms with van der Waals surface area (Å²) in [4.78, 5) is 45.1. The molecule has 6 rings (SSSR count). The summed E-state index contributed by atoms with van der Waals surface area (Å²) in [6.07, 6.45) is 1.21. The molecule has 2 aromatic carbocycles. The van der Waals surface area contributed by atoms with Crippen molar-refractivity contribution in [1.82, 2.24) is 4.90 Å². The first-order valence-electron chi connectivity index (χ1n) is 14.7. The van der Waals surface area contributed by atoms with Crippen LogP contribution in [0.2, 0.25) is 23.7 Å². The van der Waals surface area contributed by atoms with E-state index in [1.807, 2.05) is 31.2 Å². The van der Waals surface area contributed by atoms with E-state index in [1.54, 1.807) is 46.0 Å². The van der Waals surface area contributed by atoms with E-state index in [2.05, 4.69) is 0 Å². The number of carbonyl (C=O) groups is 3. The van der Waals surface area contributed by atoms with E-state index in [-0.39, 0.29) is 43.3 Å². The summed E-state index contributed by atoms with van der Waals surface area (Å²) in [7, 11) is -3.45. The molecule has 4 aliphatic heterocycles. The van der Waals surface area contributed by atoms with Crippen LogP contribution in [0.1, 0.15) is 43.7 Å². The Labute approximate surface area is 251 Å². The molecular weight excluding hydrogens is 577 g/mol. The van der Waals surface area contributed by atoms with Gasteiger partial charge in [0.2, 0.25) is 20.2 Å².